The number of urea groups is 1. The molecule has 1 saturated heterocycles. The van der Waals surface area contributed by atoms with Crippen LogP contribution < -0.4 is 10.6 Å². The van der Waals surface area contributed by atoms with Gasteiger partial charge in [-0.1, -0.05) is 31.4 Å². The average molecular weight is 404 g/mol. The van der Waals surface area contributed by atoms with Gasteiger partial charge >= 0.3 is 6.03 Å². The minimum Gasteiger partial charge on any atom is -0.341 e. The predicted molar refractivity (Wildman–Crippen MR) is 112 cm³/mol. The van der Waals surface area contributed by atoms with Gasteiger partial charge in [0.1, 0.15) is 11.9 Å². The highest BCUT2D eigenvalue weighted by Gasteiger charge is 2.37. The molecule has 1 saturated carbocycles. The second kappa shape index (κ2) is 10.6. The lowest BCUT2D eigenvalue weighted by atomic mass is 10.0. The third kappa shape index (κ3) is 6.44. The van der Waals surface area contributed by atoms with Gasteiger partial charge in [0.05, 0.1) is 0 Å². The summed E-state index contributed by atoms with van der Waals surface area (Å²) in [7, 11) is 1.57. The molecule has 3 amide bonds. The van der Waals surface area contributed by atoms with Gasteiger partial charge in [-0.2, -0.15) is 0 Å². The van der Waals surface area contributed by atoms with Gasteiger partial charge in [0.25, 0.3) is 0 Å². The summed E-state index contributed by atoms with van der Waals surface area (Å²) in [6, 6.07) is 6.18. The zero-order chi connectivity index (χ0) is 20.6. The normalized spacial score (nSPS) is 22.1. The summed E-state index contributed by atoms with van der Waals surface area (Å²) in [5, 5.41) is 5.39. The lowest BCUT2D eigenvalue weighted by Crippen LogP contribution is -2.51. The van der Waals surface area contributed by atoms with Crippen LogP contribution in [-0.4, -0.2) is 43.0 Å². The van der Waals surface area contributed by atoms with E-state index >= 15 is 0 Å². The highest BCUT2D eigenvalue weighted by Crippen LogP contribution is 2.50. The molecule has 2 fully saturated rings. The molecule has 2 N–H and O–H groups in total. The average Bonchev–Trinajstić information content (AvgIpc) is 3.52. The van der Waals surface area contributed by atoms with E-state index < -0.39 is 6.04 Å². The molecule has 6 heteroatoms. The van der Waals surface area contributed by atoms with Crippen LogP contribution in [-0.2, 0) is 4.79 Å². The third-order valence-corrected chi connectivity index (χ3v) is 6.29. The molecule has 1 aromatic rings. The van der Waals surface area contributed by atoms with Crippen LogP contribution in [0.25, 0.3) is 0 Å². The Morgan fingerprint density at radius 3 is 2.52 bits per heavy atom. The van der Waals surface area contributed by atoms with Crippen LogP contribution in [0, 0.1) is 11.7 Å². The van der Waals surface area contributed by atoms with Crippen LogP contribution in [0.5, 0.6) is 0 Å². The molecule has 0 aromatic heterocycles. The standard InChI is InChI=1S/C23H34FN3O2/c1-25-23(29)26-21(22(28)27-14-6-3-7-15-27)9-5-2-4-8-18-16-20(18)17-10-12-19(24)13-11-17/h10-13,18,20-21H,2-9,14-16H2,1H3,(H2,25,26,29)/t18?,20-,21-/m0/s1. The Labute approximate surface area is 173 Å². The van der Waals surface area contributed by atoms with Crippen molar-refractivity contribution in [2.24, 2.45) is 5.92 Å². The zero-order valence-electron chi connectivity index (χ0n) is 17.5. The number of carbonyl (C=O) groups is 2. The molecule has 1 unspecified atom stereocenters. The number of rotatable bonds is 9. The lowest BCUT2D eigenvalue weighted by molar-refractivity contribution is -0.134. The summed E-state index contributed by atoms with van der Waals surface area (Å²) in [5.74, 6) is 1.17. The summed E-state index contributed by atoms with van der Waals surface area (Å²) in [4.78, 5) is 26.5. The predicted octanol–water partition coefficient (Wildman–Crippen LogP) is 4.19. The Bertz CT molecular complexity index is 673. The van der Waals surface area contributed by atoms with Gasteiger partial charge in [-0.3, -0.25) is 4.79 Å². The minimum absolute atomic E-state index is 0.0619. The molecule has 0 spiro atoms. The summed E-state index contributed by atoms with van der Waals surface area (Å²) >= 11 is 0. The van der Waals surface area contributed by atoms with Crippen molar-refractivity contribution in [2.45, 2.75) is 69.7 Å². The number of carbonyl (C=O) groups excluding carboxylic acids is 2. The van der Waals surface area contributed by atoms with Crippen LogP contribution in [0.1, 0.15) is 69.3 Å². The Hall–Kier alpha value is -2.11. The SMILES string of the molecule is CNC(=O)N[C@@H](CCCCCC1C[C@H]1c1ccc(F)cc1)C(=O)N1CCCCC1. The Morgan fingerprint density at radius 1 is 1.10 bits per heavy atom. The number of nitrogens with zero attached hydrogens (tertiary/aromatic N) is 1. The van der Waals surface area contributed by atoms with E-state index in [1.165, 1.54) is 24.8 Å². The number of amides is 3. The number of unbranched alkanes of at least 4 members (excludes halogenated alkanes) is 2. The summed E-state index contributed by atoms with van der Waals surface area (Å²) in [5.41, 5.74) is 1.25. The van der Waals surface area contributed by atoms with Crippen molar-refractivity contribution >= 4 is 11.9 Å². The number of hydrogen-bond donors (Lipinski definition) is 2. The van der Waals surface area contributed by atoms with Crippen molar-refractivity contribution in [3.63, 3.8) is 0 Å². The molecule has 1 aliphatic heterocycles. The van der Waals surface area contributed by atoms with Gasteiger partial charge in [0.2, 0.25) is 5.91 Å². The first kappa shape index (κ1) is 21.6. The first-order chi connectivity index (χ1) is 14.1. The Balaban J connectivity index is 1.37. The first-order valence-corrected chi connectivity index (χ1v) is 11.1. The number of piperidine rings is 1. The van der Waals surface area contributed by atoms with Crippen molar-refractivity contribution < 1.29 is 14.0 Å². The van der Waals surface area contributed by atoms with Crippen LogP contribution in [0.4, 0.5) is 9.18 Å². The van der Waals surface area contributed by atoms with Gasteiger partial charge in [-0.05, 0) is 68.1 Å². The fourth-order valence-electron chi connectivity index (χ4n) is 4.44. The molecule has 1 heterocycles. The van der Waals surface area contributed by atoms with Gasteiger partial charge < -0.3 is 15.5 Å². The third-order valence-electron chi connectivity index (χ3n) is 6.29. The summed E-state index contributed by atoms with van der Waals surface area (Å²) < 4.78 is 13.0. The molecule has 160 valence electrons. The zero-order valence-corrected chi connectivity index (χ0v) is 17.5. The number of hydrogen-bond acceptors (Lipinski definition) is 2. The van der Waals surface area contributed by atoms with E-state index in [4.69, 9.17) is 0 Å². The fraction of sp³-hybridized carbons (Fsp3) is 0.652. The second-order valence-electron chi connectivity index (χ2n) is 8.45. The quantitative estimate of drug-likeness (QED) is 0.608. The molecule has 3 atom stereocenters. The maximum absolute atomic E-state index is 13.0. The molecular weight excluding hydrogens is 369 g/mol. The summed E-state index contributed by atoms with van der Waals surface area (Å²) in [6.07, 6.45) is 9.47. The first-order valence-electron chi connectivity index (χ1n) is 11.1. The number of benzene rings is 1. The molecule has 2 aliphatic rings. The van der Waals surface area contributed by atoms with Crippen LogP contribution in [0.2, 0.25) is 0 Å². The van der Waals surface area contributed by atoms with E-state index in [1.54, 1.807) is 19.2 Å². The van der Waals surface area contributed by atoms with E-state index in [0.29, 0.717) is 18.3 Å². The largest absolute Gasteiger partial charge is 0.341 e. The fourth-order valence-corrected chi connectivity index (χ4v) is 4.44. The number of likely N-dealkylation sites (tertiary alicyclic amines) is 1. The highest BCUT2D eigenvalue weighted by atomic mass is 19.1. The van der Waals surface area contributed by atoms with Crippen molar-refractivity contribution in [1.82, 2.24) is 15.5 Å². The van der Waals surface area contributed by atoms with Gasteiger partial charge in [0, 0.05) is 20.1 Å². The smallest absolute Gasteiger partial charge is 0.315 e. The molecule has 1 aliphatic carbocycles. The molecule has 0 bridgehead atoms. The molecule has 5 nitrogen and oxygen atoms in total. The second-order valence-corrected chi connectivity index (χ2v) is 8.45. The van der Waals surface area contributed by atoms with Crippen LogP contribution in [0.15, 0.2) is 24.3 Å². The maximum atomic E-state index is 13.0. The van der Waals surface area contributed by atoms with E-state index in [-0.39, 0.29) is 17.8 Å². The monoisotopic (exact) mass is 403 g/mol. The summed E-state index contributed by atoms with van der Waals surface area (Å²) in [6.45, 7) is 1.61. The van der Waals surface area contributed by atoms with Gasteiger partial charge in [-0.25, -0.2) is 9.18 Å². The maximum Gasteiger partial charge on any atom is 0.315 e. The minimum atomic E-state index is -0.430. The van der Waals surface area contributed by atoms with E-state index in [1.807, 2.05) is 17.0 Å². The number of nitrogens with one attached hydrogen (secondary N) is 2. The van der Waals surface area contributed by atoms with E-state index in [9.17, 15) is 14.0 Å². The van der Waals surface area contributed by atoms with Crippen LogP contribution >= 0.6 is 0 Å². The molecule has 1 aromatic carbocycles. The van der Waals surface area contributed by atoms with Crippen molar-refractivity contribution in [1.29, 1.82) is 0 Å². The molecule has 29 heavy (non-hydrogen) atoms. The lowest BCUT2D eigenvalue weighted by Gasteiger charge is -2.30. The highest BCUT2D eigenvalue weighted by molar-refractivity contribution is 5.87. The number of halogens is 1. The Morgan fingerprint density at radius 2 is 1.83 bits per heavy atom. The van der Waals surface area contributed by atoms with E-state index in [0.717, 1.165) is 45.2 Å². The van der Waals surface area contributed by atoms with Crippen LogP contribution in [0.3, 0.4) is 0 Å². The van der Waals surface area contributed by atoms with E-state index in [2.05, 4.69) is 10.6 Å². The van der Waals surface area contributed by atoms with Crippen molar-refractivity contribution in [3.05, 3.63) is 35.6 Å². The Kier molecular flexibility index (Phi) is 7.90. The van der Waals surface area contributed by atoms with Gasteiger partial charge in [-0.15, -0.1) is 0 Å². The van der Waals surface area contributed by atoms with Crippen molar-refractivity contribution in [2.75, 3.05) is 20.1 Å². The molecule has 0 radical (unpaired) electrons. The van der Waals surface area contributed by atoms with Crippen molar-refractivity contribution in [3.8, 4) is 0 Å². The molecule has 3 rings (SSSR count). The topological polar surface area (TPSA) is 61.4 Å². The molecular formula is C23H34FN3O2. The van der Waals surface area contributed by atoms with Gasteiger partial charge in [0.15, 0.2) is 0 Å².